The summed E-state index contributed by atoms with van der Waals surface area (Å²) in [6, 6.07) is 174. The number of rotatable bonds is 12. The molecule has 4 heterocycles. The Kier molecular flexibility index (Phi) is 18.0. The molecule has 26 aromatic rings. The first-order chi connectivity index (χ1) is 64.2. The maximum atomic E-state index is 2.41. The van der Waals surface area contributed by atoms with Crippen LogP contribution in [0.1, 0.15) is 11.1 Å². The monoisotopic (exact) mass is 1650 g/mol. The van der Waals surface area contributed by atoms with Crippen molar-refractivity contribution >= 4 is 130 Å². The molecule has 0 atom stereocenters. The number of para-hydroxylation sites is 8. The van der Waals surface area contributed by atoms with Gasteiger partial charge in [0.25, 0.3) is 0 Å². The van der Waals surface area contributed by atoms with Crippen molar-refractivity contribution < 1.29 is 0 Å². The minimum absolute atomic E-state index is 1.17. The van der Waals surface area contributed by atoms with Crippen molar-refractivity contribution in [3.05, 3.63) is 484 Å². The molecule has 0 spiro atoms. The Morgan fingerprint density at radius 2 is 0.338 bits per heavy atom. The smallest absolute Gasteiger partial charge is 0.0541 e. The molecule has 0 bridgehead atoms. The third kappa shape index (κ3) is 12.9. The fourth-order valence-corrected chi connectivity index (χ4v) is 21.1. The molecule has 4 nitrogen and oxygen atoms in total. The lowest BCUT2D eigenvalue weighted by atomic mass is 9.90. The van der Waals surface area contributed by atoms with Crippen LogP contribution in [0.3, 0.4) is 0 Å². The first kappa shape index (κ1) is 75.6. The third-order valence-electron chi connectivity index (χ3n) is 27.0. The molecule has 22 aromatic carbocycles. The lowest BCUT2D eigenvalue weighted by Crippen LogP contribution is -1.95. The predicted octanol–water partition coefficient (Wildman–Crippen LogP) is 34.3. The summed E-state index contributed by atoms with van der Waals surface area (Å²) in [5.41, 5.74) is 36.4. The topological polar surface area (TPSA) is 19.7 Å². The molecule has 4 aromatic heterocycles. The Bertz CT molecular complexity index is 8300. The first-order valence-electron chi connectivity index (χ1n) is 45.0. The molecule has 0 aliphatic rings. The van der Waals surface area contributed by atoms with Crippen LogP contribution in [0.5, 0.6) is 0 Å². The minimum atomic E-state index is 1.17. The Labute approximate surface area is 753 Å². The molecule has 0 aliphatic heterocycles. The largest absolute Gasteiger partial charge is 0.309 e. The van der Waals surface area contributed by atoms with Gasteiger partial charge in [-0.1, -0.05) is 340 Å². The number of fused-ring (bicyclic) bond motifs is 16. The second-order valence-corrected chi connectivity index (χ2v) is 34.8. The van der Waals surface area contributed by atoms with Gasteiger partial charge in [-0.3, -0.25) is 0 Å². The molecule has 0 saturated heterocycles. The number of aromatic nitrogens is 4. The predicted molar refractivity (Wildman–Crippen MR) is 553 cm³/mol. The van der Waals surface area contributed by atoms with Crippen LogP contribution in [0.15, 0.2) is 473 Å². The van der Waals surface area contributed by atoms with E-state index in [1.54, 1.807) is 0 Å². The Balaban J connectivity index is 0.000000140. The molecule has 0 fully saturated rings. The quantitative estimate of drug-likeness (QED) is 0.109. The van der Waals surface area contributed by atoms with Crippen LogP contribution in [0.25, 0.3) is 242 Å². The number of hydrogen-bond acceptors (Lipinski definition) is 0. The van der Waals surface area contributed by atoms with Gasteiger partial charge in [-0.2, -0.15) is 0 Å². The van der Waals surface area contributed by atoms with Gasteiger partial charge < -0.3 is 18.3 Å². The molecular formula is C126H84N4. The van der Waals surface area contributed by atoms with Crippen molar-refractivity contribution in [3.8, 4) is 112 Å². The summed E-state index contributed by atoms with van der Waals surface area (Å²) < 4.78 is 9.57. The summed E-state index contributed by atoms with van der Waals surface area (Å²) in [7, 11) is 0. The molecule has 0 radical (unpaired) electrons. The molecule has 608 valence electrons. The summed E-state index contributed by atoms with van der Waals surface area (Å²) in [5, 5.41) is 20.2. The SMILES string of the molecule is Cc1cc(-c2cccc(-c3cccc4cc5c(-c6cccc(-c7cc(C)cc(-n8c9ccccc9c9ccccc98)c7)c6)cccc5cc34)c2)cc(-n2c3ccccc3c3ccccc32)c1.c1cc(-c2ccc(-c3ccc(-n4c5ccccc5c5ccccc54)cc3)cc2)c2cc3cccc(-c4ccc(-c5ccc(-n6c7ccccc7c7ccccc76)cc5)cc4)c3cc2c1. The van der Waals surface area contributed by atoms with Crippen molar-refractivity contribution in [2.24, 2.45) is 0 Å². The van der Waals surface area contributed by atoms with E-state index < -0.39 is 0 Å². The fraction of sp³-hybridized carbons (Fsp3) is 0.0159. The van der Waals surface area contributed by atoms with Gasteiger partial charge in [0, 0.05) is 65.8 Å². The average molecular weight is 1650 g/mol. The van der Waals surface area contributed by atoms with Crippen molar-refractivity contribution in [1.29, 1.82) is 0 Å². The van der Waals surface area contributed by atoms with Gasteiger partial charge in [0.05, 0.1) is 44.1 Å². The van der Waals surface area contributed by atoms with Gasteiger partial charge >= 0.3 is 0 Å². The van der Waals surface area contributed by atoms with Gasteiger partial charge in [0.1, 0.15) is 0 Å². The molecule has 130 heavy (non-hydrogen) atoms. The number of hydrogen-bond donors (Lipinski definition) is 0. The van der Waals surface area contributed by atoms with Crippen LogP contribution in [0.2, 0.25) is 0 Å². The van der Waals surface area contributed by atoms with E-state index in [1.165, 1.54) is 253 Å². The Morgan fingerprint density at radius 3 is 0.608 bits per heavy atom. The van der Waals surface area contributed by atoms with Crippen LogP contribution < -0.4 is 0 Å². The maximum absolute atomic E-state index is 2.41. The highest BCUT2D eigenvalue weighted by Crippen LogP contribution is 2.45. The van der Waals surface area contributed by atoms with E-state index in [2.05, 4.69) is 505 Å². The number of aryl methyl sites for hydroxylation is 2. The van der Waals surface area contributed by atoms with Crippen LogP contribution >= 0.6 is 0 Å². The second kappa shape index (κ2) is 31.0. The summed E-state index contributed by atoms with van der Waals surface area (Å²) in [4.78, 5) is 0. The van der Waals surface area contributed by atoms with Crippen molar-refractivity contribution in [1.82, 2.24) is 18.3 Å². The molecule has 26 rings (SSSR count). The lowest BCUT2D eigenvalue weighted by molar-refractivity contribution is 1.17. The summed E-state index contributed by atoms with van der Waals surface area (Å²) in [6.07, 6.45) is 0. The molecule has 0 amide bonds. The highest BCUT2D eigenvalue weighted by molar-refractivity contribution is 6.15. The van der Waals surface area contributed by atoms with Gasteiger partial charge in [0.15, 0.2) is 0 Å². The third-order valence-corrected chi connectivity index (χ3v) is 27.0. The van der Waals surface area contributed by atoms with E-state index in [0.717, 1.165) is 0 Å². The number of nitrogens with zero attached hydrogens (tertiary/aromatic N) is 4. The standard InChI is InChI=1S/C64H44N2.C62H40N2/c1-41-31-49(37-51(33-41)65-61-27-7-3-21-55(61)56-22-4-8-28-62(56)65)43-15-11-17-45(35-43)53-25-13-19-47-40-60-48(39-59(47)53)20-14-26-54(60)46-18-12-16-44(36-46)50-32-42(2)34-52(38-50)66-63-29-9-5-23-57(63)58-24-6-10-30-64(58)66;1-5-19-59-53(13-1)54-14-2-6-20-60(54)63(59)49-35-31-43(32-36-49)41-23-27-45(28-24-41)51-17-9-11-47-40-58-48(39-57(47)51)12-10-18-52(58)46-29-25-42(26-30-46)44-33-37-50(38-34-44)64-61-21-7-3-15-55(61)56-16-4-8-22-62(56)64/h3-40H,1-2H3;1-40H. The molecule has 0 saturated carbocycles. The number of benzene rings is 22. The average Bonchev–Trinajstić information content (AvgIpc) is 1.45. The van der Waals surface area contributed by atoms with Gasteiger partial charge in [-0.25, -0.2) is 0 Å². The zero-order chi connectivity index (χ0) is 86.0. The van der Waals surface area contributed by atoms with Crippen LogP contribution in [-0.4, -0.2) is 18.3 Å². The fourth-order valence-electron chi connectivity index (χ4n) is 21.1. The van der Waals surface area contributed by atoms with E-state index >= 15 is 0 Å². The molecular weight excluding hydrogens is 1570 g/mol. The Morgan fingerprint density at radius 1 is 0.123 bits per heavy atom. The lowest BCUT2D eigenvalue weighted by Gasteiger charge is -2.15. The first-order valence-corrected chi connectivity index (χ1v) is 45.0. The van der Waals surface area contributed by atoms with E-state index in [4.69, 9.17) is 0 Å². The van der Waals surface area contributed by atoms with Gasteiger partial charge in [-0.15, -0.1) is 0 Å². The Hall–Kier alpha value is -16.9. The highest BCUT2D eigenvalue weighted by atomic mass is 15.0. The maximum Gasteiger partial charge on any atom is 0.0541 e. The molecule has 4 heteroatoms. The molecule has 0 N–H and O–H groups in total. The summed E-state index contributed by atoms with van der Waals surface area (Å²) in [6.45, 7) is 4.41. The van der Waals surface area contributed by atoms with Crippen molar-refractivity contribution in [3.63, 3.8) is 0 Å². The highest BCUT2D eigenvalue weighted by Gasteiger charge is 2.21. The van der Waals surface area contributed by atoms with Crippen LogP contribution in [0.4, 0.5) is 0 Å². The second-order valence-electron chi connectivity index (χ2n) is 34.8. The van der Waals surface area contributed by atoms with Crippen molar-refractivity contribution in [2.75, 3.05) is 0 Å². The van der Waals surface area contributed by atoms with E-state index in [1.807, 2.05) is 0 Å². The van der Waals surface area contributed by atoms with E-state index in [0.29, 0.717) is 0 Å². The van der Waals surface area contributed by atoms with Crippen LogP contribution in [0, 0.1) is 13.8 Å². The van der Waals surface area contributed by atoms with Gasteiger partial charge in [-0.05, 0) is 291 Å². The van der Waals surface area contributed by atoms with Crippen molar-refractivity contribution in [2.45, 2.75) is 13.8 Å². The van der Waals surface area contributed by atoms with Crippen LogP contribution in [-0.2, 0) is 0 Å². The van der Waals surface area contributed by atoms with Gasteiger partial charge in [0.2, 0.25) is 0 Å². The normalized spacial score (nSPS) is 11.8. The molecule has 0 aliphatic carbocycles. The van der Waals surface area contributed by atoms with E-state index in [-0.39, 0.29) is 0 Å². The van der Waals surface area contributed by atoms with E-state index in [9.17, 15) is 0 Å². The zero-order valence-corrected chi connectivity index (χ0v) is 71.8. The zero-order valence-electron chi connectivity index (χ0n) is 71.8. The summed E-state index contributed by atoms with van der Waals surface area (Å²) >= 11 is 0. The summed E-state index contributed by atoms with van der Waals surface area (Å²) in [5.74, 6) is 0. The molecule has 0 unspecified atom stereocenters. The minimum Gasteiger partial charge on any atom is -0.309 e.